The van der Waals surface area contributed by atoms with Crippen LogP contribution in [-0.4, -0.2) is 41.2 Å². The number of hydrogen-bond acceptors (Lipinski definition) is 5. The van der Waals surface area contributed by atoms with Gasteiger partial charge < -0.3 is 9.84 Å². The maximum atomic E-state index is 5.34. The van der Waals surface area contributed by atoms with Crippen LogP contribution in [0.25, 0.3) is 11.5 Å². The molecule has 0 amide bonds. The Bertz CT molecular complexity index is 546. The van der Waals surface area contributed by atoms with Gasteiger partial charge in [-0.25, -0.2) is 0 Å². The Morgan fingerprint density at radius 2 is 2.14 bits per heavy atom. The lowest BCUT2D eigenvalue weighted by Gasteiger charge is -2.31. The SMILES string of the molecule is CNC1CCCN(Cc2noc(-c3ccccc3)n2)C1.Cl. The van der Waals surface area contributed by atoms with Crippen LogP contribution in [0.15, 0.2) is 34.9 Å². The summed E-state index contributed by atoms with van der Waals surface area (Å²) in [5, 5.41) is 7.43. The highest BCUT2D eigenvalue weighted by Gasteiger charge is 2.20. The van der Waals surface area contributed by atoms with Crippen molar-refractivity contribution in [3.8, 4) is 11.5 Å². The van der Waals surface area contributed by atoms with Gasteiger partial charge in [-0.1, -0.05) is 23.4 Å². The third-order valence-electron chi connectivity index (χ3n) is 3.77. The predicted octanol–water partition coefficient (Wildman–Crippen LogP) is 2.34. The van der Waals surface area contributed by atoms with E-state index in [-0.39, 0.29) is 12.4 Å². The second-order valence-electron chi connectivity index (χ2n) is 5.24. The lowest BCUT2D eigenvalue weighted by Crippen LogP contribution is -2.44. The first-order valence-corrected chi connectivity index (χ1v) is 7.13. The van der Waals surface area contributed by atoms with Crippen molar-refractivity contribution in [1.29, 1.82) is 0 Å². The number of nitrogens with one attached hydrogen (secondary N) is 1. The third-order valence-corrected chi connectivity index (χ3v) is 3.77. The minimum absolute atomic E-state index is 0. The van der Waals surface area contributed by atoms with Gasteiger partial charge in [0.2, 0.25) is 0 Å². The molecular weight excluding hydrogens is 288 g/mol. The molecule has 3 rings (SSSR count). The van der Waals surface area contributed by atoms with E-state index in [1.807, 2.05) is 37.4 Å². The van der Waals surface area contributed by atoms with E-state index < -0.39 is 0 Å². The average molecular weight is 309 g/mol. The van der Waals surface area contributed by atoms with Gasteiger partial charge >= 0.3 is 0 Å². The van der Waals surface area contributed by atoms with Crippen molar-refractivity contribution in [2.75, 3.05) is 20.1 Å². The maximum absolute atomic E-state index is 5.34. The van der Waals surface area contributed by atoms with Crippen molar-refractivity contribution in [3.63, 3.8) is 0 Å². The number of likely N-dealkylation sites (tertiary alicyclic amines) is 1. The molecule has 2 aromatic rings. The summed E-state index contributed by atoms with van der Waals surface area (Å²) in [5.74, 6) is 1.36. The third kappa shape index (κ3) is 4.03. The number of piperidine rings is 1. The van der Waals surface area contributed by atoms with Crippen LogP contribution < -0.4 is 5.32 Å². The molecule has 114 valence electrons. The molecule has 6 heteroatoms. The number of aromatic nitrogens is 2. The Hall–Kier alpha value is -1.43. The molecular formula is C15H21ClN4O. The van der Waals surface area contributed by atoms with E-state index in [4.69, 9.17) is 4.52 Å². The smallest absolute Gasteiger partial charge is 0.257 e. The molecule has 1 N–H and O–H groups in total. The van der Waals surface area contributed by atoms with Gasteiger partial charge in [-0.2, -0.15) is 4.98 Å². The standard InChI is InChI=1S/C15H20N4O.ClH/c1-16-13-8-5-9-19(10-13)11-14-17-15(20-18-14)12-6-3-2-4-7-12;/h2-4,6-7,13,16H,5,8-11H2,1H3;1H. The molecule has 0 bridgehead atoms. The van der Waals surface area contributed by atoms with Crippen LogP contribution in [0.5, 0.6) is 0 Å². The molecule has 1 fully saturated rings. The first kappa shape index (κ1) is 15.9. The van der Waals surface area contributed by atoms with Gasteiger partial charge in [0.25, 0.3) is 5.89 Å². The minimum Gasteiger partial charge on any atom is -0.334 e. The molecule has 5 nitrogen and oxygen atoms in total. The van der Waals surface area contributed by atoms with E-state index in [2.05, 4.69) is 20.4 Å². The normalized spacial score (nSPS) is 19.2. The predicted molar refractivity (Wildman–Crippen MR) is 84.3 cm³/mol. The molecule has 1 aliphatic rings. The van der Waals surface area contributed by atoms with Crippen LogP contribution in [0.4, 0.5) is 0 Å². The molecule has 2 heterocycles. The highest BCUT2D eigenvalue weighted by atomic mass is 35.5. The van der Waals surface area contributed by atoms with Gasteiger partial charge in [-0.05, 0) is 38.6 Å². The largest absolute Gasteiger partial charge is 0.334 e. The van der Waals surface area contributed by atoms with Crippen molar-refractivity contribution in [3.05, 3.63) is 36.2 Å². The lowest BCUT2D eigenvalue weighted by atomic mass is 10.1. The molecule has 1 aromatic heterocycles. The summed E-state index contributed by atoms with van der Waals surface area (Å²) in [5.41, 5.74) is 0.970. The van der Waals surface area contributed by atoms with Gasteiger partial charge in [-0.3, -0.25) is 4.90 Å². The highest BCUT2D eigenvalue weighted by molar-refractivity contribution is 5.85. The minimum atomic E-state index is 0. The number of hydrogen-bond donors (Lipinski definition) is 1. The van der Waals surface area contributed by atoms with Crippen LogP contribution in [0.1, 0.15) is 18.7 Å². The van der Waals surface area contributed by atoms with E-state index in [1.165, 1.54) is 12.8 Å². The van der Waals surface area contributed by atoms with Crippen LogP contribution in [0.3, 0.4) is 0 Å². The molecule has 21 heavy (non-hydrogen) atoms. The molecule has 1 saturated heterocycles. The van der Waals surface area contributed by atoms with E-state index in [0.717, 1.165) is 31.0 Å². The fraction of sp³-hybridized carbons (Fsp3) is 0.467. The molecule has 1 unspecified atom stereocenters. The zero-order valence-corrected chi connectivity index (χ0v) is 13.0. The second kappa shape index (κ2) is 7.54. The number of likely N-dealkylation sites (N-methyl/N-ethyl adjacent to an activating group) is 1. The van der Waals surface area contributed by atoms with Crippen molar-refractivity contribution in [2.24, 2.45) is 0 Å². The number of halogens is 1. The van der Waals surface area contributed by atoms with Gasteiger partial charge in [0.15, 0.2) is 5.82 Å². The second-order valence-corrected chi connectivity index (χ2v) is 5.24. The lowest BCUT2D eigenvalue weighted by molar-refractivity contribution is 0.182. The van der Waals surface area contributed by atoms with Gasteiger partial charge in [-0.15, -0.1) is 12.4 Å². The number of rotatable bonds is 4. The summed E-state index contributed by atoms with van der Waals surface area (Å²) < 4.78 is 5.34. The van der Waals surface area contributed by atoms with E-state index in [1.54, 1.807) is 0 Å². The topological polar surface area (TPSA) is 54.2 Å². The first-order valence-electron chi connectivity index (χ1n) is 7.13. The Kier molecular flexibility index (Phi) is 5.73. The monoisotopic (exact) mass is 308 g/mol. The summed E-state index contributed by atoms with van der Waals surface area (Å²) >= 11 is 0. The summed E-state index contributed by atoms with van der Waals surface area (Å²) in [6.45, 7) is 2.91. The number of nitrogens with zero attached hydrogens (tertiary/aromatic N) is 3. The number of benzene rings is 1. The van der Waals surface area contributed by atoms with Crippen molar-refractivity contribution in [1.82, 2.24) is 20.4 Å². The first-order chi connectivity index (χ1) is 9.85. The van der Waals surface area contributed by atoms with Gasteiger partial charge in [0, 0.05) is 18.2 Å². The van der Waals surface area contributed by atoms with Crippen molar-refractivity contribution in [2.45, 2.75) is 25.4 Å². The molecule has 1 atom stereocenters. The van der Waals surface area contributed by atoms with Crippen LogP contribution in [-0.2, 0) is 6.54 Å². The zero-order valence-electron chi connectivity index (χ0n) is 12.2. The summed E-state index contributed by atoms with van der Waals surface area (Å²) in [6.07, 6.45) is 2.46. The van der Waals surface area contributed by atoms with E-state index in [0.29, 0.717) is 11.9 Å². The van der Waals surface area contributed by atoms with E-state index in [9.17, 15) is 0 Å². The Morgan fingerprint density at radius 1 is 1.33 bits per heavy atom. The van der Waals surface area contributed by atoms with Crippen molar-refractivity contribution >= 4 is 12.4 Å². The quantitative estimate of drug-likeness (QED) is 0.939. The van der Waals surface area contributed by atoms with Gasteiger partial charge in [0.05, 0.1) is 6.54 Å². The van der Waals surface area contributed by atoms with Gasteiger partial charge in [0.1, 0.15) is 0 Å². The van der Waals surface area contributed by atoms with E-state index >= 15 is 0 Å². The Balaban J connectivity index is 0.00000161. The fourth-order valence-corrected chi connectivity index (χ4v) is 2.65. The van der Waals surface area contributed by atoms with Crippen molar-refractivity contribution < 1.29 is 4.52 Å². The molecule has 0 spiro atoms. The molecule has 0 saturated carbocycles. The molecule has 1 aliphatic heterocycles. The van der Waals surface area contributed by atoms with Crippen LogP contribution in [0.2, 0.25) is 0 Å². The van der Waals surface area contributed by atoms with Crippen LogP contribution >= 0.6 is 12.4 Å². The average Bonchev–Trinajstić information content (AvgIpc) is 2.97. The molecule has 0 radical (unpaired) electrons. The Labute approximate surface area is 131 Å². The maximum Gasteiger partial charge on any atom is 0.257 e. The highest BCUT2D eigenvalue weighted by Crippen LogP contribution is 2.18. The molecule has 0 aliphatic carbocycles. The summed E-state index contributed by atoms with van der Waals surface area (Å²) in [7, 11) is 2.02. The van der Waals surface area contributed by atoms with Crippen LogP contribution in [0, 0.1) is 0 Å². The zero-order chi connectivity index (χ0) is 13.8. The molecule has 1 aromatic carbocycles. The fourth-order valence-electron chi connectivity index (χ4n) is 2.65. The summed E-state index contributed by atoms with van der Waals surface area (Å²) in [6, 6.07) is 10.5. The Morgan fingerprint density at radius 3 is 2.90 bits per heavy atom. The summed E-state index contributed by atoms with van der Waals surface area (Å²) in [4.78, 5) is 6.86.